The van der Waals surface area contributed by atoms with Gasteiger partial charge in [0.15, 0.2) is 11.6 Å². The summed E-state index contributed by atoms with van der Waals surface area (Å²) in [5, 5.41) is 0. The van der Waals surface area contributed by atoms with Crippen LogP contribution >= 0.6 is 0 Å². The fourth-order valence-electron chi connectivity index (χ4n) is 2.05. The van der Waals surface area contributed by atoms with Crippen molar-refractivity contribution >= 4 is 12.3 Å². The molecule has 0 fully saturated rings. The first-order valence-electron chi connectivity index (χ1n) is 6.56. The molecular weight excluding hydrogens is 310 g/mol. The van der Waals surface area contributed by atoms with Crippen molar-refractivity contribution in [2.75, 3.05) is 0 Å². The zero-order valence-corrected chi connectivity index (χ0v) is 11.9. The number of carbonyl (C=O) groups excluding carboxylic acids is 2. The highest BCUT2D eigenvalue weighted by Crippen LogP contribution is 2.24. The first-order chi connectivity index (χ1) is 11.0. The molecule has 9 heteroatoms. The van der Waals surface area contributed by atoms with Gasteiger partial charge in [0.2, 0.25) is 6.41 Å². The standard InChI is InChI=1S/C14H12F2N4O3/c1-2-10-11(13(22)20-17-6-21)12(19-14(23)18-10)7-3-4-8(15)9(16)5-7/h3-6H,2H2,1H3,(H,17,21)(H,20,22)(H,18,19,23). The summed E-state index contributed by atoms with van der Waals surface area (Å²) in [4.78, 5) is 40.1. The highest BCUT2D eigenvalue weighted by Gasteiger charge is 2.20. The zero-order chi connectivity index (χ0) is 17.0. The van der Waals surface area contributed by atoms with E-state index in [0.29, 0.717) is 0 Å². The molecule has 0 radical (unpaired) electrons. The van der Waals surface area contributed by atoms with E-state index in [1.807, 2.05) is 5.43 Å². The lowest BCUT2D eigenvalue weighted by atomic mass is 10.0. The highest BCUT2D eigenvalue weighted by molar-refractivity contribution is 6.01. The van der Waals surface area contributed by atoms with E-state index in [9.17, 15) is 23.2 Å². The number of hydrogen-bond donors (Lipinski definition) is 3. The van der Waals surface area contributed by atoms with Crippen molar-refractivity contribution in [1.29, 1.82) is 0 Å². The van der Waals surface area contributed by atoms with E-state index >= 15 is 0 Å². The molecule has 0 bridgehead atoms. The van der Waals surface area contributed by atoms with Crippen LogP contribution in [-0.2, 0) is 11.2 Å². The summed E-state index contributed by atoms with van der Waals surface area (Å²) in [6, 6.07) is 2.94. The molecule has 120 valence electrons. The molecule has 0 aliphatic heterocycles. The maximum atomic E-state index is 13.4. The van der Waals surface area contributed by atoms with E-state index in [0.717, 1.165) is 12.1 Å². The maximum Gasteiger partial charge on any atom is 0.345 e. The Morgan fingerprint density at radius 3 is 2.70 bits per heavy atom. The Hall–Kier alpha value is -3.10. The van der Waals surface area contributed by atoms with Crippen LogP contribution in [0.2, 0.25) is 0 Å². The van der Waals surface area contributed by atoms with Crippen LogP contribution < -0.4 is 16.5 Å². The number of hydrogen-bond acceptors (Lipinski definition) is 4. The number of H-pyrrole nitrogens is 1. The van der Waals surface area contributed by atoms with E-state index in [2.05, 4.69) is 15.4 Å². The van der Waals surface area contributed by atoms with Crippen LogP contribution in [-0.4, -0.2) is 22.3 Å². The van der Waals surface area contributed by atoms with E-state index in [1.165, 1.54) is 6.07 Å². The number of nitrogens with one attached hydrogen (secondary N) is 3. The molecule has 2 aromatic rings. The first kappa shape index (κ1) is 16.3. The number of hydrazine groups is 1. The highest BCUT2D eigenvalue weighted by atomic mass is 19.2. The quantitative estimate of drug-likeness (QED) is 0.556. The van der Waals surface area contributed by atoms with Crippen LogP contribution in [0, 0.1) is 11.6 Å². The smallest absolute Gasteiger partial charge is 0.305 e. The Kier molecular flexibility index (Phi) is 4.79. The van der Waals surface area contributed by atoms with Gasteiger partial charge in [-0.15, -0.1) is 0 Å². The molecule has 3 N–H and O–H groups in total. The lowest BCUT2D eigenvalue weighted by Crippen LogP contribution is -2.38. The Balaban J connectivity index is 2.67. The van der Waals surface area contributed by atoms with E-state index < -0.39 is 23.2 Å². The van der Waals surface area contributed by atoms with Crippen molar-refractivity contribution in [3.8, 4) is 11.3 Å². The lowest BCUT2D eigenvalue weighted by Gasteiger charge is -2.12. The van der Waals surface area contributed by atoms with Crippen LogP contribution in [0.5, 0.6) is 0 Å². The minimum Gasteiger partial charge on any atom is -0.305 e. The number of halogens is 2. The second kappa shape index (κ2) is 6.77. The van der Waals surface area contributed by atoms with E-state index in [4.69, 9.17) is 0 Å². The number of carbonyl (C=O) groups is 2. The molecule has 2 rings (SSSR count). The van der Waals surface area contributed by atoms with Gasteiger partial charge in [-0.2, -0.15) is 4.98 Å². The number of benzene rings is 1. The molecule has 0 aliphatic rings. The van der Waals surface area contributed by atoms with Crippen LogP contribution in [0.4, 0.5) is 8.78 Å². The molecule has 0 saturated heterocycles. The fourth-order valence-corrected chi connectivity index (χ4v) is 2.05. The lowest BCUT2D eigenvalue weighted by molar-refractivity contribution is -0.110. The molecule has 1 aromatic heterocycles. The minimum atomic E-state index is -1.13. The van der Waals surface area contributed by atoms with Crippen molar-refractivity contribution in [2.24, 2.45) is 0 Å². The molecule has 23 heavy (non-hydrogen) atoms. The van der Waals surface area contributed by atoms with Crippen LogP contribution in [0.25, 0.3) is 11.3 Å². The molecule has 1 aromatic carbocycles. The number of aromatic amines is 1. The predicted octanol–water partition coefficient (Wildman–Crippen LogP) is 0.668. The van der Waals surface area contributed by atoms with E-state index in [-0.39, 0.29) is 35.3 Å². The number of nitrogens with zero attached hydrogens (tertiary/aromatic N) is 1. The molecule has 2 amide bonds. The van der Waals surface area contributed by atoms with Gasteiger partial charge in [0.1, 0.15) is 0 Å². The Bertz CT molecular complexity index is 820. The second-order valence-corrected chi connectivity index (χ2v) is 4.44. The Morgan fingerprint density at radius 1 is 1.35 bits per heavy atom. The number of aromatic nitrogens is 2. The second-order valence-electron chi connectivity index (χ2n) is 4.44. The Labute approximate surface area is 128 Å². The topological polar surface area (TPSA) is 104 Å². The van der Waals surface area contributed by atoms with E-state index in [1.54, 1.807) is 6.92 Å². The zero-order valence-electron chi connectivity index (χ0n) is 11.9. The van der Waals surface area contributed by atoms with Gasteiger partial charge in [-0.1, -0.05) is 6.92 Å². The summed E-state index contributed by atoms with van der Waals surface area (Å²) in [6.07, 6.45) is 0.490. The maximum absolute atomic E-state index is 13.4. The van der Waals surface area contributed by atoms with Gasteiger partial charge >= 0.3 is 5.69 Å². The largest absolute Gasteiger partial charge is 0.345 e. The van der Waals surface area contributed by atoms with Crippen molar-refractivity contribution in [1.82, 2.24) is 20.8 Å². The molecule has 0 atom stereocenters. The minimum absolute atomic E-state index is 0.0223. The first-order valence-corrected chi connectivity index (χ1v) is 6.56. The van der Waals surface area contributed by atoms with Gasteiger partial charge in [0, 0.05) is 5.56 Å². The van der Waals surface area contributed by atoms with Crippen molar-refractivity contribution in [3.05, 3.63) is 51.6 Å². The predicted molar refractivity (Wildman–Crippen MR) is 76.3 cm³/mol. The van der Waals surface area contributed by atoms with Crippen LogP contribution in [0.15, 0.2) is 23.0 Å². The van der Waals surface area contributed by atoms with Gasteiger partial charge in [-0.05, 0) is 24.6 Å². The van der Waals surface area contributed by atoms with Crippen molar-refractivity contribution in [3.63, 3.8) is 0 Å². The molecule has 0 aliphatic carbocycles. The van der Waals surface area contributed by atoms with Gasteiger partial charge in [0.05, 0.1) is 17.0 Å². The number of rotatable bonds is 5. The number of aryl methyl sites for hydroxylation is 1. The van der Waals surface area contributed by atoms with Gasteiger partial charge in [0.25, 0.3) is 5.91 Å². The summed E-state index contributed by atoms with van der Waals surface area (Å²) in [5.41, 5.74) is 3.51. The molecule has 0 unspecified atom stereocenters. The van der Waals surface area contributed by atoms with Crippen LogP contribution in [0.3, 0.4) is 0 Å². The van der Waals surface area contributed by atoms with Gasteiger partial charge in [-0.25, -0.2) is 13.6 Å². The molecule has 0 spiro atoms. The Morgan fingerprint density at radius 2 is 2.09 bits per heavy atom. The van der Waals surface area contributed by atoms with Gasteiger partial charge in [-0.3, -0.25) is 20.4 Å². The van der Waals surface area contributed by atoms with Crippen molar-refractivity contribution in [2.45, 2.75) is 13.3 Å². The summed E-state index contributed by atoms with van der Waals surface area (Å²) in [6.45, 7) is 1.67. The summed E-state index contributed by atoms with van der Waals surface area (Å²) < 4.78 is 26.5. The monoisotopic (exact) mass is 322 g/mol. The van der Waals surface area contributed by atoms with Crippen LogP contribution in [0.1, 0.15) is 23.0 Å². The average molecular weight is 322 g/mol. The molecule has 7 nitrogen and oxygen atoms in total. The molecular formula is C14H12F2N4O3. The third kappa shape index (κ3) is 3.39. The third-order valence-electron chi connectivity index (χ3n) is 3.02. The summed E-state index contributed by atoms with van der Waals surface area (Å²) in [7, 11) is 0. The number of amides is 2. The SMILES string of the molecule is CCc1nc(=O)[nH]c(-c2ccc(F)c(F)c2)c1C(=O)NNC=O. The third-order valence-corrected chi connectivity index (χ3v) is 3.02. The van der Waals surface area contributed by atoms with Crippen molar-refractivity contribution < 1.29 is 18.4 Å². The summed E-state index contributed by atoms with van der Waals surface area (Å²) in [5.74, 6) is -2.94. The van der Waals surface area contributed by atoms with Gasteiger partial charge < -0.3 is 4.98 Å². The fraction of sp³-hybridized carbons (Fsp3) is 0.143. The molecule has 1 heterocycles. The normalized spacial score (nSPS) is 10.2. The molecule has 0 saturated carbocycles. The summed E-state index contributed by atoms with van der Waals surface area (Å²) >= 11 is 0. The average Bonchev–Trinajstić information content (AvgIpc) is 2.54.